The zero-order valence-electron chi connectivity index (χ0n) is 6.92. The molecule has 1 N–H and O–H groups in total. The first kappa shape index (κ1) is 9.50. The van der Waals surface area contributed by atoms with Gasteiger partial charge in [-0.25, -0.2) is 0 Å². The number of aliphatic hydroxyl groups is 1. The van der Waals surface area contributed by atoms with Crippen LogP contribution in [0.5, 0.6) is 0 Å². The van der Waals surface area contributed by atoms with E-state index in [1.165, 1.54) is 6.26 Å². The Morgan fingerprint density at radius 1 is 1.60 bits per heavy atom. The van der Waals surface area contributed by atoms with E-state index < -0.39 is 5.79 Å². The van der Waals surface area contributed by atoms with E-state index in [-0.39, 0.29) is 0 Å². The molecule has 1 unspecified atom stereocenters. The fourth-order valence-electron chi connectivity index (χ4n) is 0.737. The molecule has 0 saturated carbocycles. The lowest BCUT2D eigenvalue weighted by atomic mass is 10.2. The zero-order chi connectivity index (χ0) is 8.04. The van der Waals surface area contributed by atoms with Gasteiger partial charge in [0.25, 0.3) is 0 Å². The summed E-state index contributed by atoms with van der Waals surface area (Å²) in [5, 5.41) is 9.37. The Bertz CT molecular complexity index is 106. The molecule has 0 bridgehead atoms. The van der Waals surface area contributed by atoms with E-state index in [1.807, 2.05) is 13.8 Å². The highest BCUT2D eigenvalue weighted by Gasteiger charge is 2.17. The van der Waals surface area contributed by atoms with Crippen molar-refractivity contribution in [1.82, 2.24) is 0 Å². The van der Waals surface area contributed by atoms with Gasteiger partial charge in [-0.3, -0.25) is 0 Å². The van der Waals surface area contributed by atoms with Gasteiger partial charge in [-0.2, -0.15) is 0 Å². The van der Waals surface area contributed by atoms with Crippen molar-refractivity contribution in [2.75, 3.05) is 0 Å². The van der Waals surface area contributed by atoms with Gasteiger partial charge < -0.3 is 9.84 Å². The maximum atomic E-state index is 9.37. The first-order valence-electron chi connectivity index (χ1n) is 3.63. The third-order valence-electron chi connectivity index (χ3n) is 1.17. The van der Waals surface area contributed by atoms with Crippen LogP contribution in [0, 0.1) is 0 Å². The molecular weight excluding hydrogens is 128 g/mol. The summed E-state index contributed by atoms with van der Waals surface area (Å²) in [7, 11) is 0. The van der Waals surface area contributed by atoms with E-state index in [1.54, 1.807) is 13.0 Å². The topological polar surface area (TPSA) is 29.5 Å². The molecule has 0 aromatic heterocycles. The monoisotopic (exact) mass is 144 g/mol. The molecule has 0 saturated heterocycles. The molecule has 2 heteroatoms. The van der Waals surface area contributed by atoms with Gasteiger partial charge in [-0.1, -0.05) is 13.0 Å². The molecule has 2 nitrogen and oxygen atoms in total. The van der Waals surface area contributed by atoms with E-state index >= 15 is 0 Å². The van der Waals surface area contributed by atoms with Gasteiger partial charge >= 0.3 is 0 Å². The summed E-state index contributed by atoms with van der Waals surface area (Å²) in [6, 6.07) is 0. The molecule has 0 aliphatic rings. The summed E-state index contributed by atoms with van der Waals surface area (Å²) < 4.78 is 4.99. The van der Waals surface area contributed by atoms with Gasteiger partial charge in [0.2, 0.25) is 5.79 Å². The maximum Gasteiger partial charge on any atom is 0.204 e. The lowest BCUT2D eigenvalue weighted by Gasteiger charge is -2.21. The Morgan fingerprint density at radius 2 is 2.20 bits per heavy atom. The predicted octanol–water partition coefficient (Wildman–Crippen LogP) is 2.05. The van der Waals surface area contributed by atoms with Crippen molar-refractivity contribution in [3.63, 3.8) is 0 Å². The fourth-order valence-corrected chi connectivity index (χ4v) is 0.737. The Labute approximate surface area is 62.5 Å². The lowest BCUT2D eigenvalue weighted by Crippen LogP contribution is -2.25. The van der Waals surface area contributed by atoms with Gasteiger partial charge in [0.15, 0.2) is 0 Å². The highest BCUT2D eigenvalue weighted by molar-refractivity contribution is 4.70. The molecule has 0 fully saturated rings. The van der Waals surface area contributed by atoms with Crippen molar-refractivity contribution in [1.29, 1.82) is 0 Å². The minimum Gasteiger partial charge on any atom is -0.471 e. The molecule has 10 heavy (non-hydrogen) atoms. The van der Waals surface area contributed by atoms with Crippen molar-refractivity contribution in [3.8, 4) is 0 Å². The quantitative estimate of drug-likeness (QED) is 0.483. The second kappa shape index (κ2) is 4.34. The van der Waals surface area contributed by atoms with Crippen LogP contribution in [0.3, 0.4) is 0 Å². The minimum atomic E-state index is -0.985. The molecule has 0 amide bonds. The largest absolute Gasteiger partial charge is 0.471 e. The standard InChI is InChI=1S/C8H16O2/c1-4-6-8(3,9)10-7-5-2/h5,7,9H,4,6H2,1-3H3. The summed E-state index contributed by atoms with van der Waals surface area (Å²) in [6.45, 7) is 5.52. The molecule has 0 radical (unpaired) electrons. The molecule has 0 rings (SSSR count). The van der Waals surface area contributed by atoms with Crippen molar-refractivity contribution in [2.45, 2.75) is 39.4 Å². The van der Waals surface area contributed by atoms with Gasteiger partial charge in [0.1, 0.15) is 0 Å². The van der Waals surface area contributed by atoms with E-state index in [0.717, 1.165) is 6.42 Å². The summed E-state index contributed by atoms with van der Waals surface area (Å²) in [5.74, 6) is -0.985. The molecule has 0 aromatic carbocycles. The Kier molecular flexibility index (Phi) is 4.12. The van der Waals surface area contributed by atoms with Crippen LogP contribution >= 0.6 is 0 Å². The van der Waals surface area contributed by atoms with E-state index in [0.29, 0.717) is 6.42 Å². The van der Waals surface area contributed by atoms with Crippen LogP contribution in [0.1, 0.15) is 33.6 Å². The second-order valence-corrected chi connectivity index (χ2v) is 2.51. The molecule has 0 aromatic rings. The van der Waals surface area contributed by atoms with Crippen LogP contribution in [0.4, 0.5) is 0 Å². The van der Waals surface area contributed by atoms with Crippen LogP contribution in [0.15, 0.2) is 12.3 Å². The van der Waals surface area contributed by atoms with Gasteiger partial charge in [0.05, 0.1) is 6.26 Å². The van der Waals surface area contributed by atoms with Crippen molar-refractivity contribution >= 4 is 0 Å². The summed E-state index contributed by atoms with van der Waals surface area (Å²) in [4.78, 5) is 0. The zero-order valence-corrected chi connectivity index (χ0v) is 6.92. The Balaban J connectivity index is 3.62. The second-order valence-electron chi connectivity index (χ2n) is 2.51. The lowest BCUT2D eigenvalue weighted by molar-refractivity contribution is -0.156. The molecule has 0 aliphatic heterocycles. The highest BCUT2D eigenvalue weighted by Crippen LogP contribution is 2.13. The molecule has 1 atom stereocenters. The van der Waals surface area contributed by atoms with Crippen LogP contribution in [-0.2, 0) is 4.74 Å². The van der Waals surface area contributed by atoms with E-state index in [2.05, 4.69) is 0 Å². The van der Waals surface area contributed by atoms with Crippen molar-refractivity contribution in [3.05, 3.63) is 12.3 Å². The average molecular weight is 144 g/mol. The summed E-state index contributed by atoms with van der Waals surface area (Å²) in [6.07, 6.45) is 4.85. The van der Waals surface area contributed by atoms with Gasteiger partial charge in [0, 0.05) is 13.3 Å². The fraction of sp³-hybridized carbons (Fsp3) is 0.750. The van der Waals surface area contributed by atoms with Crippen LogP contribution in [0.25, 0.3) is 0 Å². The first-order chi connectivity index (χ1) is 4.62. The van der Waals surface area contributed by atoms with Gasteiger partial charge in [-0.15, -0.1) is 0 Å². The minimum absolute atomic E-state index is 0.664. The van der Waals surface area contributed by atoms with Crippen LogP contribution in [-0.4, -0.2) is 10.9 Å². The predicted molar refractivity (Wildman–Crippen MR) is 41.4 cm³/mol. The molecule has 0 spiro atoms. The summed E-state index contributed by atoms with van der Waals surface area (Å²) in [5.41, 5.74) is 0. The molecular formula is C8H16O2. The third-order valence-corrected chi connectivity index (χ3v) is 1.17. The normalized spacial score (nSPS) is 17.2. The maximum absolute atomic E-state index is 9.37. The van der Waals surface area contributed by atoms with Crippen LogP contribution < -0.4 is 0 Å². The van der Waals surface area contributed by atoms with Crippen LogP contribution in [0.2, 0.25) is 0 Å². The van der Waals surface area contributed by atoms with Crippen molar-refractivity contribution < 1.29 is 9.84 Å². The Hall–Kier alpha value is -0.500. The SMILES string of the molecule is CC=COC(C)(O)CCC. The smallest absolute Gasteiger partial charge is 0.204 e. The van der Waals surface area contributed by atoms with E-state index in [4.69, 9.17) is 4.74 Å². The van der Waals surface area contributed by atoms with Gasteiger partial charge in [-0.05, 0) is 13.3 Å². The first-order valence-corrected chi connectivity index (χ1v) is 3.63. The van der Waals surface area contributed by atoms with Crippen molar-refractivity contribution in [2.24, 2.45) is 0 Å². The molecule has 60 valence electrons. The molecule has 0 heterocycles. The Morgan fingerprint density at radius 3 is 2.60 bits per heavy atom. The highest BCUT2D eigenvalue weighted by atomic mass is 16.6. The number of rotatable bonds is 4. The number of hydrogen-bond acceptors (Lipinski definition) is 2. The molecule has 0 aliphatic carbocycles. The number of ether oxygens (including phenoxy) is 1. The third kappa shape index (κ3) is 4.39. The number of allylic oxidation sites excluding steroid dienone is 1. The summed E-state index contributed by atoms with van der Waals surface area (Å²) >= 11 is 0. The average Bonchev–Trinajstić information content (AvgIpc) is 1.84. The number of hydrogen-bond donors (Lipinski definition) is 1. The van der Waals surface area contributed by atoms with E-state index in [9.17, 15) is 5.11 Å².